The largest absolute Gasteiger partial charge is 0.385 e. The second kappa shape index (κ2) is 5.60. The molecule has 1 aromatic rings. The molecule has 1 aromatic carbocycles. The van der Waals surface area contributed by atoms with Gasteiger partial charge in [0.05, 0.1) is 0 Å². The number of hydrogen-bond donors (Lipinski definition) is 2. The van der Waals surface area contributed by atoms with Crippen molar-refractivity contribution in [1.82, 2.24) is 0 Å². The van der Waals surface area contributed by atoms with Crippen molar-refractivity contribution in [1.29, 1.82) is 0 Å². The molecule has 0 radical (unpaired) electrons. The van der Waals surface area contributed by atoms with E-state index in [1.807, 2.05) is 25.1 Å². The van der Waals surface area contributed by atoms with E-state index in [1.165, 1.54) is 5.69 Å². The summed E-state index contributed by atoms with van der Waals surface area (Å²) in [6, 6.07) is 10.6. The summed E-state index contributed by atoms with van der Waals surface area (Å²) in [6.07, 6.45) is 2.21. The molecule has 2 heteroatoms. The summed E-state index contributed by atoms with van der Waals surface area (Å²) in [5.41, 5.74) is 6.83. The van der Waals surface area contributed by atoms with Crippen LogP contribution in [0.1, 0.15) is 19.8 Å². The number of nitrogens with two attached hydrogens (primary N) is 1. The molecule has 1 rings (SSSR count). The summed E-state index contributed by atoms with van der Waals surface area (Å²) in [6.45, 7) is 3.05. The van der Waals surface area contributed by atoms with E-state index >= 15 is 0 Å². The molecule has 0 saturated carbocycles. The molecule has 0 aliphatic rings. The van der Waals surface area contributed by atoms with Crippen molar-refractivity contribution in [2.45, 2.75) is 25.8 Å². The van der Waals surface area contributed by atoms with Gasteiger partial charge in [0.2, 0.25) is 0 Å². The van der Waals surface area contributed by atoms with Crippen molar-refractivity contribution in [3.63, 3.8) is 0 Å². The topological polar surface area (TPSA) is 38.0 Å². The van der Waals surface area contributed by atoms with Gasteiger partial charge in [0.1, 0.15) is 0 Å². The third kappa shape index (κ3) is 4.53. The highest BCUT2D eigenvalue weighted by Crippen LogP contribution is 2.05. The summed E-state index contributed by atoms with van der Waals surface area (Å²) in [5.74, 6) is 0. The fraction of sp³-hybridized carbons (Fsp3) is 0.455. The first-order valence-corrected chi connectivity index (χ1v) is 4.83. The van der Waals surface area contributed by atoms with Crippen LogP contribution in [0.3, 0.4) is 0 Å². The van der Waals surface area contributed by atoms with Crippen LogP contribution < -0.4 is 11.1 Å². The van der Waals surface area contributed by atoms with E-state index in [0.717, 1.165) is 19.4 Å². The normalized spacial score (nSPS) is 12.5. The van der Waals surface area contributed by atoms with Crippen LogP contribution in [0.4, 0.5) is 5.69 Å². The van der Waals surface area contributed by atoms with Crippen molar-refractivity contribution in [3.05, 3.63) is 30.3 Å². The first kappa shape index (κ1) is 10.1. The highest BCUT2D eigenvalue weighted by molar-refractivity contribution is 5.42. The molecular formula is C11H18N2. The van der Waals surface area contributed by atoms with E-state index in [-0.39, 0.29) is 0 Å². The SMILES string of the molecule is CC(N)CCCNc1ccccc1. The molecule has 0 heterocycles. The molecule has 0 aromatic heterocycles. The van der Waals surface area contributed by atoms with Gasteiger partial charge in [-0.25, -0.2) is 0 Å². The summed E-state index contributed by atoms with van der Waals surface area (Å²) in [5, 5.41) is 3.34. The van der Waals surface area contributed by atoms with Crippen LogP contribution in [-0.2, 0) is 0 Å². The monoisotopic (exact) mass is 178 g/mol. The lowest BCUT2D eigenvalue weighted by Crippen LogP contribution is -2.16. The standard InChI is InChI=1S/C11H18N2/c1-10(12)6-5-9-13-11-7-3-2-4-8-11/h2-4,7-8,10,13H,5-6,9,12H2,1H3. The Morgan fingerprint density at radius 2 is 2.00 bits per heavy atom. The molecule has 0 fully saturated rings. The fourth-order valence-corrected chi connectivity index (χ4v) is 1.21. The molecule has 0 saturated heterocycles. The minimum Gasteiger partial charge on any atom is -0.385 e. The van der Waals surface area contributed by atoms with Crippen molar-refractivity contribution in [2.24, 2.45) is 5.73 Å². The zero-order chi connectivity index (χ0) is 9.52. The van der Waals surface area contributed by atoms with Gasteiger partial charge < -0.3 is 11.1 Å². The van der Waals surface area contributed by atoms with E-state index < -0.39 is 0 Å². The number of nitrogens with one attached hydrogen (secondary N) is 1. The summed E-state index contributed by atoms with van der Waals surface area (Å²) >= 11 is 0. The number of rotatable bonds is 5. The highest BCUT2D eigenvalue weighted by atomic mass is 14.9. The Morgan fingerprint density at radius 1 is 1.31 bits per heavy atom. The van der Waals surface area contributed by atoms with Gasteiger partial charge in [-0.05, 0) is 31.9 Å². The Hall–Kier alpha value is -1.02. The number of para-hydroxylation sites is 1. The van der Waals surface area contributed by atoms with Gasteiger partial charge in [-0.15, -0.1) is 0 Å². The Morgan fingerprint density at radius 3 is 2.62 bits per heavy atom. The number of benzene rings is 1. The smallest absolute Gasteiger partial charge is 0.0340 e. The van der Waals surface area contributed by atoms with E-state index in [9.17, 15) is 0 Å². The third-order valence-electron chi connectivity index (χ3n) is 1.94. The summed E-state index contributed by atoms with van der Waals surface area (Å²) in [7, 11) is 0. The van der Waals surface area contributed by atoms with Crippen molar-refractivity contribution >= 4 is 5.69 Å². The lowest BCUT2D eigenvalue weighted by molar-refractivity contribution is 0.639. The van der Waals surface area contributed by atoms with Gasteiger partial charge in [0.15, 0.2) is 0 Å². The molecule has 0 aliphatic carbocycles. The van der Waals surface area contributed by atoms with Crippen LogP contribution in [-0.4, -0.2) is 12.6 Å². The van der Waals surface area contributed by atoms with Crippen molar-refractivity contribution in [2.75, 3.05) is 11.9 Å². The van der Waals surface area contributed by atoms with Gasteiger partial charge in [0, 0.05) is 18.3 Å². The molecule has 1 unspecified atom stereocenters. The van der Waals surface area contributed by atoms with Crippen LogP contribution in [0.25, 0.3) is 0 Å². The average molecular weight is 178 g/mol. The molecule has 0 aliphatic heterocycles. The quantitative estimate of drug-likeness (QED) is 0.678. The van der Waals surface area contributed by atoms with E-state index in [0.29, 0.717) is 6.04 Å². The maximum atomic E-state index is 5.64. The molecule has 2 nitrogen and oxygen atoms in total. The second-order valence-corrected chi connectivity index (χ2v) is 3.41. The third-order valence-corrected chi connectivity index (χ3v) is 1.94. The van der Waals surface area contributed by atoms with Gasteiger partial charge in [-0.2, -0.15) is 0 Å². The lowest BCUT2D eigenvalue weighted by atomic mass is 10.2. The van der Waals surface area contributed by atoms with E-state index in [1.54, 1.807) is 0 Å². The minimum atomic E-state index is 0.317. The molecule has 3 N–H and O–H groups in total. The lowest BCUT2D eigenvalue weighted by Gasteiger charge is -2.07. The highest BCUT2D eigenvalue weighted by Gasteiger charge is 1.93. The summed E-state index contributed by atoms with van der Waals surface area (Å²) in [4.78, 5) is 0. The predicted molar refractivity (Wildman–Crippen MR) is 57.8 cm³/mol. The van der Waals surface area contributed by atoms with E-state index in [2.05, 4.69) is 17.4 Å². The zero-order valence-corrected chi connectivity index (χ0v) is 8.16. The van der Waals surface area contributed by atoms with Crippen LogP contribution in [0.15, 0.2) is 30.3 Å². The molecule has 0 bridgehead atoms. The van der Waals surface area contributed by atoms with Crippen LogP contribution in [0.5, 0.6) is 0 Å². The predicted octanol–water partition coefficient (Wildman–Crippen LogP) is 2.23. The second-order valence-electron chi connectivity index (χ2n) is 3.41. The Balaban J connectivity index is 2.13. The van der Waals surface area contributed by atoms with Gasteiger partial charge >= 0.3 is 0 Å². The first-order chi connectivity index (χ1) is 6.29. The van der Waals surface area contributed by atoms with Crippen LogP contribution in [0.2, 0.25) is 0 Å². The minimum absolute atomic E-state index is 0.317. The van der Waals surface area contributed by atoms with Crippen molar-refractivity contribution in [3.8, 4) is 0 Å². The van der Waals surface area contributed by atoms with Gasteiger partial charge in [-0.3, -0.25) is 0 Å². The first-order valence-electron chi connectivity index (χ1n) is 4.83. The van der Waals surface area contributed by atoms with Crippen molar-refractivity contribution < 1.29 is 0 Å². The molecule has 1 atom stereocenters. The van der Waals surface area contributed by atoms with Gasteiger partial charge in [0.25, 0.3) is 0 Å². The molecule has 72 valence electrons. The van der Waals surface area contributed by atoms with Crippen LogP contribution in [0, 0.1) is 0 Å². The number of anilines is 1. The zero-order valence-electron chi connectivity index (χ0n) is 8.16. The summed E-state index contributed by atoms with van der Waals surface area (Å²) < 4.78 is 0. The van der Waals surface area contributed by atoms with Crippen LogP contribution >= 0.6 is 0 Å². The molecule has 0 spiro atoms. The molecular weight excluding hydrogens is 160 g/mol. The Bertz CT molecular complexity index is 219. The average Bonchev–Trinajstić information content (AvgIpc) is 2.14. The van der Waals surface area contributed by atoms with Gasteiger partial charge in [-0.1, -0.05) is 18.2 Å². The van der Waals surface area contributed by atoms with E-state index in [4.69, 9.17) is 5.73 Å². The maximum absolute atomic E-state index is 5.64. The molecule has 13 heavy (non-hydrogen) atoms. The Kier molecular flexibility index (Phi) is 4.33. The Labute approximate surface area is 80.1 Å². The number of hydrogen-bond acceptors (Lipinski definition) is 2. The maximum Gasteiger partial charge on any atom is 0.0340 e. The fourth-order valence-electron chi connectivity index (χ4n) is 1.21. The molecule has 0 amide bonds.